The molecule has 0 fully saturated rings. The van der Waals surface area contributed by atoms with E-state index in [1.54, 1.807) is 11.3 Å². The van der Waals surface area contributed by atoms with Gasteiger partial charge in [-0.3, -0.25) is 0 Å². The number of fused-ring (bicyclic) bond motifs is 1. The van der Waals surface area contributed by atoms with Crippen molar-refractivity contribution in [2.24, 2.45) is 5.41 Å². The number of anilines is 1. The van der Waals surface area contributed by atoms with Gasteiger partial charge in [-0.05, 0) is 36.3 Å². The van der Waals surface area contributed by atoms with Crippen molar-refractivity contribution in [3.8, 4) is 23.3 Å². The van der Waals surface area contributed by atoms with E-state index >= 15 is 0 Å². The second-order valence-electron chi connectivity index (χ2n) is 6.65. The number of nitrogens with one attached hydrogen (secondary N) is 1. The number of terminal acetylenes is 1. The molecule has 0 bridgehead atoms. The molecule has 0 atom stereocenters. The summed E-state index contributed by atoms with van der Waals surface area (Å²) >= 11 is 1.65. The Morgan fingerprint density at radius 2 is 1.85 bits per heavy atom. The Bertz CT molecular complexity index is 772. The normalized spacial score (nSPS) is 14.0. The van der Waals surface area contributed by atoms with Gasteiger partial charge in [0.15, 0.2) is 0 Å². The molecule has 0 spiro atoms. The number of thiophene rings is 1. The van der Waals surface area contributed by atoms with Crippen LogP contribution in [0.3, 0.4) is 0 Å². The van der Waals surface area contributed by atoms with Crippen LogP contribution >= 0.6 is 11.3 Å². The van der Waals surface area contributed by atoms with Crippen LogP contribution in [0, 0.1) is 18.3 Å². The first-order valence-electron chi connectivity index (χ1n) is 8.91. The van der Waals surface area contributed by atoms with E-state index in [0.717, 1.165) is 41.0 Å². The molecule has 3 rings (SSSR count). The van der Waals surface area contributed by atoms with Crippen molar-refractivity contribution < 1.29 is 9.90 Å². The van der Waals surface area contributed by atoms with Crippen LogP contribution in [0.4, 0.5) is 5.69 Å². The Morgan fingerprint density at radius 1 is 1.23 bits per heavy atom. The summed E-state index contributed by atoms with van der Waals surface area (Å²) in [5, 5.41) is 13.0. The molecule has 2 aromatic rings. The van der Waals surface area contributed by atoms with Crippen LogP contribution in [0.25, 0.3) is 10.4 Å². The lowest BCUT2D eigenvalue weighted by atomic mass is 9.76. The number of benzene rings is 1. The van der Waals surface area contributed by atoms with Crippen molar-refractivity contribution in [3.63, 3.8) is 0 Å². The number of carbonyl (C=O) groups is 1. The minimum absolute atomic E-state index is 0.179. The van der Waals surface area contributed by atoms with Crippen molar-refractivity contribution in [1.29, 1.82) is 0 Å². The highest BCUT2D eigenvalue weighted by atomic mass is 32.1. The highest BCUT2D eigenvalue weighted by Gasteiger charge is 2.33. The van der Waals surface area contributed by atoms with Gasteiger partial charge >= 0.3 is 5.97 Å². The van der Waals surface area contributed by atoms with Crippen molar-refractivity contribution in [2.75, 3.05) is 12.4 Å². The van der Waals surface area contributed by atoms with E-state index in [9.17, 15) is 9.90 Å². The Balaban J connectivity index is 0.000000791. The summed E-state index contributed by atoms with van der Waals surface area (Å²) in [5.41, 5.74) is 3.70. The van der Waals surface area contributed by atoms with Crippen molar-refractivity contribution in [2.45, 2.75) is 47.0 Å². The lowest BCUT2D eigenvalue weighted by Gasteiger charge is -2.29. The molecule has 3 nitrogen and oxygen atoms in total. The zero-order valence-electron chi connectivity index (χ0n) is 16.3. The van der Waals surface area contributed by atoms with E-state index in [1.165, 1.54) is 4.88 Å². The average Bonchev–Trinajstić information content (AvgIpc) is 3.02. The molecule has 0 saturated carbocycles. The quantitative estimate of drug-likeness (QED) is 0.656. The summed E-state index contributed by atoms with van der Waals surface area (Å²) in [5.74, 6) is -0.809. The smallest absolute Gasteiger partial charge is 0.337 e. The largest absolute Gasteiger partial charge is 0.478 e. The molecule has 0 radical (unpaired) electrons. The number of rotatable bonds is 3. The Kier molecular flexibility index (Phi) is 7.92. The summed E-state index contributed by atoms with van der Waals surface area (Å²) in [6.07, 6.45) is 10.9. The molecule has 0 unspecified atom stereocenters. The minimum atomic E-state index is -0.809. The molecule has 1 aromatic heterocycles. The van der Waals surface area contributed by atoms with E-state index in [1.807, 2.05) is 45.2 Å². The fourth-order valence-corrected chi connectivity index (χ4v) is 4.58. The van der Waals surface area contributed by atoms with Gasteiger partial charge < -0.3 is 10.4 Å². The molecule has 26 heavy (non-hydrogen) atoms. The van der Waals surface area contributed by atoms with Gasteiger partial charge in [-0.1, -0.05) is 45.9 Å². The van der Waals surface area contributed by atoms with Gasteiger partial charge in [0, 0.05) is 23.2 Å². The predicted molar refractivity (Wildman–Crippen MR) is 113 cm³/mol. The van der Waals surface area contributed by atoms with Crippen LogP contribution < -0.4 is 5.32 Å². The average molecular weight is 372 g/mol. The van der Waals surface area contributed by atoms with Crippen molar-refractivity contribution >= 4 is 23.0 Å². The molecule has 4 heteroatoms. The number of carboxylic acids is 1. The maximum atomic E-state index is 11.9. The predicted octanol–water partition coefficient (Wildman–Crippen LogP) is 5.95. The first-order chi connectivity index (χ1) is 12.4. The molecule has 1 aliphatic carbocycles. The standard InChI is InChI=1S/C18H21NO2S.C2H6.C2H2/c1-18(2)9-8-14-12(10-18)15(17(20)21)16(22-14)11-6-4-5-7-13(11)19-3;2*1-2/h4-7,19H,8-10H2,1-3H3,(H,20,21);1-2H3;1-2H. The summed E-state index contributed by atoms with van der Waals surface area (Å²) < 4.78 is 0. The second-order valence-corrected chi connectivity index (χ2v) is 7.75. The van der Waals surface area contributed by atoms with E-state index < -0.39 is 5.97 Å². The van der Waals surface area contributed by atoms with E-state index in [-0.39, 0.29) is 5.41 Å². The minimum Gasteiger partial charge on any atom is -0.478 e. The Hall–Kier alpha value is -2.25. The topological polar surface area (TPSA) is 49.3 Å². The van der Waals surface area contributed by atoms with Crippen LogP contribution in [0.2, 0.25) is 0 Å². The maximum absolute atomic E-state index is 11.9. The van der Waals surface area contributed by atoms with Gasteiger partial charge in [0.1, 0.15) is 0 Å². The Morgan fingerprint density at radius 3 is 2.42 bits per heavy atom. The summed E-state index contributed by atoms with van der Waals surface area (Å²) in [6, 6.07) is 7.92. The zero-order valence-corrected chi connectivity index (χ0v) is 17.2. The summed E-state index contributed by atoms with van der Waals surface area (Å²) in [6.45, 7) is 8.45. The third-order valence-corrected chi connectivity index (χ3v) is 5.75. The third kappa shape index (κ3) is 4.47. The van der Waals surface area contributed by atoms with Crippen molar-refractivity contribution in [3.05, 3.63) is 40.3 Å². The number of hydrogen-bond donors (Lipinski definition) is 2. The molecule has 2 N–H and O–H groups in total. The fraction of sp³-hybridized carbons (Fsp3) is 0.409. The Labute approximate surface area is 161 Å². The molecule has 0 amide bonds. The summed E-state index contributed by atoms with van der Waals surface area (Å²) in [4.78, 5) is 14.1. The van der Waals surface area contributed by atoms with Gasteiger partial charge in [-0.25, -0.2) is 4.79 Å². The van der Waals surface area contributed by atoms with Crippen LogP contribution in [0.15, 0.2) is 24.3 Å². The van der Waals surface area contributed by atoms with Crippen LogP contribution in [0.5, 0.6) is 0 Å². The highest BCUT2D eigenvalue weighted by Crippen LogP contribution is 2.46. The summed E-state index contributed by atoms with van der Waals surface area (Å²) in [7, 11) is 1.87. The van der Waals surface area contributed by atoms with Gasteiger partial charge in [-0.2, -0.15) is 0 Å². The highest BCUT2D eigenvalue weighted by molar-refractivity contribution is 7.16. The molecular weight excluding hydrogens is 342 g/mol. The number of carboxylic acid groups (broad SMARTS) is 1. The van der Waals surface area contributed by atoms with Gasteiger partial charge in [0.05, 0.1) is 10.4 Å². The van der Waals surface area contributed by atoms with E-state index in [0.29, 0.717) is 5.56 Å². The van der Waals surface area contributed by atoms with E-state index in [2.05, 4.69) is 32.0 Å². The molecule has 1 heterocycles. The van der Waals surface area contributed by atoms with Crippen LogP contribution in [0.1, 0.15) is 54.9 Å². The van der Waals surface area contributed by atoms with Crippen LogP contribution in [-0.4, -0.2) is 18.1 Å². The van der Waals surface area contributed by atoms with Gasteiger partial charge in [-0.15, -0.1) is 24.2 Å². The van der Waals surface area contributed by atoms with E-state index in [4.69, 9.17) is 0 Å². The van der Waals surface area contributed by atoms with Crippen molar-refractivity contribution in [1.82, 2.24) is 0 Å². The fourth-order valence-electron chi connectivity index (χ4n) is 3.24. The maximum Gasteiger partial charge on any atom is 0.337 e. The third-order valence-electron chi connectivity index (χ3n) is 4.43. The number of aromatic carboxylic acids is 1. The molecule has 0 saturated heterocycles. The first-order valence-corrected chi connectivity index (χ1v) is 9.73. The number of hydrogen-bond acceptors (Lipinski definition) is 3. The molecule has 140 valence electrons. The van der Waals surface area contributed by atoms with Gasteiger partial charge in [0.2, 0.25) is 0 Å². The van der Waals surface area contributed by atoms with Gasteiger partial charge in [0.25, 0.3) is 0 Å². The number of aryl methyl sites for hydroxylation is 1. The second kappa shape index (κ2) is 9.45. The molecule has 1 aromatic carbocycles. The number of para-hydroxylation sites is 1. The first kappa shape index (κ1) is 21.8. The lowest BCUT2D eigenvalue weighted by molar-refractivity contribution is 0.0696. The molecular formula is C22H29NO2S. The molecule has 1 aliphatic rings. The SMILES string of the molecule is C#C.CC.CNc1ccccc1-c1sc2c(c1C(=O)O)CC(C)(C)CC2. The monoisotopic (exact) mass is 371 g/mol. The molecule has 0 aliphatic heterocycles. The van der Waals surface area contributed by atoms with Crippen LogP contribution in [-0.2, 0) is 12.8 Å². The zero-order chi connectivity index (χ0) is 19.9. The lowest BCUT2D eigenvalue weighted by Crippen LogP contribution is -2.22.